The van der Waals surface area contributed by atoms with E-state index in [-0.39, 0.29) is 12.5 Å². The summed E-state index contributed by atoms with van der Waals surface area (Å²) in [6.45, 7) is 4.25. The number of unbranched alkanes of at least 4 members (excludes halogenated alkanes) is 22. The van der Waals surface area contributed by atoms with Crippen molar-refractivity contribution >= 4 is 5.91 Å². The van der Waals surface area contributed by atoms with Crippen LogP contribution >= 0.6 is 0 Å². The zero-order valence-electron chi connectivity index (χ0n) is 28.7. The molecule has 2 unspecified atom stereocenters. The Kier molecular flexibility index (Phi) is 34.0. The van der Waals surface area contributed by atoms with Crippen molar-refractivity contribution in [1.82, 2.24) is 5.32 Å². The molecule has 4 heteroatoms. The molecule has 43 heavy (non-hydrogen) atoms. The van der Waals surface area contributed by atoms with Crippen molar-refractivity contribution in [2.24, 2.45) is 0 Å². The standard InChI is InChI=1S/C39H73NO3/c1-3-5-7-9-11-13-15-16-17-18-19-20-21-22-23-24-25-27-29-31-33-35-39(43)40-37(36-41)38(42)34-32-30-28-26-14-12-10-8-6-4-2/h14,20-21,26,32,34,37-38,41-42H,3-13,15-19,22-25,27-31,33,35-36H2,1-2H3,(H,40,43)/b21-20-,26-14+,34-32+. The second kappa shape index (κ2) is 35.1. The second-order valence-corrected chi connectivity index (χ2v) is 12.6. The first-order valence-corrected chi connectivity index (χ1v) is 18.7. The molecule has 0 saturated heterocycles. The average molecular weight is 604 g/mol. The van der Waals surface area contributed by atoms with E-state index < -0.39 is 12.1 Å². The van der Waals surface area contributed by atoms with Crippen LogP contribution in [0.4, 0.5) is 0 Å². The van der Waals surface area contributed by atoms with Crippen LogP contribution in [0, 0.1) is 0 Å². The Hall–Kier alpha value is -1.39. The zero-order valence-corrected chi connectivity index (χ0v) is 28.7. The van der Waals surface area contributed by atoms with Gasteiger partial charge in [0.25, 0.3) is 0 Å². The molecule has 0 spiro atoms. The molecule has 3 N–H and O–H groups in total. The maximum Gasteiger partial charge on any atom is 0.220 e. The van der Waals surface area contributed by atoms with Crippen molar-refractivity contribution in [3.05, 3.63) is 36.5 Å². The SMILES string of the molecule is CCCCCC/C=C/CC/C=C/C(O)C(CO)NC(=O)CCCCCCCCC/C=C\CCCCCCCCCCCC. The number of carbonyl (C=O) groups is 1. The summed E-state index contributed by atoms with van der Waals surface area (Å²) in [5.74, 6) is -0.0814. The van der Waals surface area contributed by atoms with Gasteiger partial charge in [-0.1, -0.05) is 159 Å². The third-order valence-corrected chi connectivity index (χ3v) is 8.35. The number of nitrogens with one attached hydrogen (secondary N) is 1. The predicted octanol–water partition coefficient (Wildman–Crippen LogP) is 11.1. The second-order valence-electron chi connectivity index (χ2n) is 12.6. The first-order valence-electron chi connectivity index (χ1n) is 18.7. The molecule has 0 rings (SSSR count). The summed E-state index contributed by atoms with van der Waals surface area (Å²) >= 11 is 0. The van der Waals surface area contributed by atoms with Crippen LogP contribution in [-0.2, 0) is 4.79 Å². The van der Waals surface area contributed by atoms with E-state index in [2.05, 4.69) is 43.5 Å². The van der Waals surface area contributed by atoms with Crippen LogP contribution in [0.25, 0.3) is 0 Å². The van der Waals surface area contributed by atoms with E-state index in [0.29, 0.717) is 6.42 Å². The van der Waals surface area contributed by atoms with Crippen LogP contribution in [0.1, 0.15) is 187 Å². The largest absolute Gasteiger partial charge is 0.394 e. The highest BCUT2D eigenvalue weighted by atomic mass is 16.3. The minimum atomic E-state index is -0.860. The number of amides is 1. The molecule has 0 aromatic heterocycles. The molecule has 0 fully saturated rings. The summed E-state index contributed by atoms with van der Waals surface area (Å²) in [6.07, 6.45) is 45.2. The van der Waals surface area contributed by atoms with Crippen LogP contribution in [-0.4, -0.2) is 34.9 Å². The van der Waals surface area contributed by atoms with Gasteiger partial charge in [-0.3, -0.25) is 4.79 Å². The number of aliphatic hydroxyl groups is 2. The smallest absolute Gasteiger partial charge is 0.220 e. The summed E-state index contributed by atoms with van der Waals surface area (Å²) in [7, 11) is 0. The number of allylic oxidation sites excluding steroid dienone is 5. The molecule has 1 amide bonds. The number of hydrogen-bond donors (Lipinski definition) is 3. The van der Waals surface area contributed by atoms with E-state index in [1.54, 1.807) is 6.08 Å². The molecule has 0 aliphatic heterocycles. The number of aliphatic hydroxyl groups excluding tert-OH is 2. The van der Waals surface area contributed by atoms with E-state index >= 15 is 0 Å². The molecule has 0 saturated carbocycles. The lowest BCUT2D eigenvalue weighted by atomic mass is 10.1. The first kappa shape index (κ1) is 41.6. The molecule has 2 atom stereocenters. The van der Waals surface area contributed by atoms with Gasteiger partial charge in [0.2, 0.25) is 5.91 Å². The summed E-state index contributed by atoms with van der Waals surface area (Å²) < 4.78 is 0. The normalized spacial score (nSPS) is 13.5. The summed E-state index contributed by atoms with van der Waals surface area (Å²) in [4.78, 5) is 12.3. The minimum absolute atomic E-state index is 0.0814. The van der Waals surface area contributed by atoms with Gasteiger partial charge >= 0.3 is 0 Å². The van der Waals surface area contributed by atoms with Crippen LogP contribution in [0.3, 0.4) is 0 Å². The van der Waals surface area contributed by atoms with Gasteiger partial charge in [0.1, 0.15) is 0 Å². The molecule has 0 aliphatic rings. The van der Waals surface area contributed by atoms with Gasteiger partial charge in [0, 0.05) is 6.42 Å². The van der Waals surface area contributed by atoms with E-state index in [1.807, 2.05) is 6.08 Å². The van der Waals surface area contributed by atoms with Gasteiger partial charge in [0.05, 0.1) is 18.8 Å². The molecule has 0 bridgehead atoms. The van der Waals surface area contributed by atoms with Crippen molar-refractivity contribution in [1.29, 1.82) is 0 Å². The number of carbonyl (C=O) groups excluding carboxylic acids is 1. The van der Waals surface area contributed by atoms with Gasteiger partial charge < -0.3 is 15.5 Å². The van der Waals surface area contributed by atoms with Crippen LogP contribution in [0.15, 0.2) is 36.5 Å². The minimum Gasteiger partial charge on any atom is -0.394 e. The highest BCUT2D eigenvalue weighted by Crippen LogP contribution is 2.13. The number of hydrogen-bond acceptors (Lipinski definition) is 3. The Morgan fingerprint density at radius 1 is 0.535 bits per heavy atom. The van der Waals surface area contributed by atoms with E-state index in [1.165, 1.54) is 135 Å². The quantitative estimate of drug-likeness (QED) is 0.0516. The van der Waals surface area contributed by atoms with Crippen molar-refractivity contribution < 1.29 is 15.0 Å². The lowest BCUT2D eigenvalue weighted by molar-refractivity contribution is -0.123. The topological polar surface area (TPSA) is 69.6 Å². The third-order valence-electron chi connectivity index (χ3n) is 8.35. The average Bonchev–Trinajstić information content (AvgIpc) is 3.01. The van der Waals surface area contributed by atoms with Crippen LogP contribution in [0.2, 0.25) is 0 Å². The maximum atomic E-state index is 12.3. The molecule has 0 aromatic carbocycles. The monoisotopic (exact) mass is 604 g/mol. The van der Waals surface area contributed by atoms with Gasteiger partial charge in [0.15, 0.2) is 0 Å². The van der Waals surface area contributed by atoms with Crippen molar-refractivity contribution in [2.75, 3.05) is 6.61 Å². The van der Waals surface area contributed by atoms with Crippen LogP contribution in [0.5, 0.6) is 0 Å². The molecule has 252 valence electrons. The molecule has 0 aromatic rings. The Bertz CT molecular complexity index is 657. The molecular formula is C39H73NO3. The molecular weight excluding hydrogens is 530 g/mol. The highest BCUT2D eigenvalue weighted by Gasteiger charge is 2.17. The lowest BCUT2D eigenvalue weighted by Gasteiger charge is -2.19. The van der Waals surface area contributed by atoms with Gasteiger partial charge in [-0.15, -0.1) is 0 Å². The van der Waals surface area contributed by atoms with Crippen LogP contribution < -0.4 is 5.32 Å². The van der Waals surface area contributed by atoms with Gasteiger partial charge in [-0.05, 0) is 57.8 Å². The summed E-state index contributed by atoms with van der Waals surface area (Å²) in [5.41, 5.74) is 0. The first-order chi connectivity index (χ1) is 21.2. The maximum absolute atomic E-state index is 12.3. The van der Waals surface area contributed by atoms with Crippen molar-refractivity contribution in [3.8, 4) is 0 Å². The van der Waals surface area contributed by atoms with Gasteiger partial charge in [-0.25, -0.2) is 0 Å². The highest BCUT2D eigenvalue weighted by molar-refractivity contribution is 5.76. The van der Waals surface area contributed by atoms with Crippen molar-refractivity contribution in [2.45, 2.75) is 199 Å². The lowest BCUT2D eigenvalue weighted by Crippen LogP contribution is -2.45. The van der Waals surface area contributed by atoms with E-state index in [0.717, 1.165) is 32.1 Å². The molecule has 0 heterocycles. The Balaban J connectivity index is 3.59. The molecule has 0 aliphatic carbocycles. The van der Waals surface area contributed by atoms with Gasteiger partial charge in [-0.2, -0.15) is 0 Å². The fraction of sp³-hybridized carbons (Fsp3) is 0.821. The molecule has 0 radical (unpaired) electrons. The van der Waals surface area contributed by atoms with E-state index in [9.17, 15) is 15.0 Å². The number of rotatable bonds is 33. The zero-order chi connectivity index (χ0) is 31.5. The predicted molar refractivity (Wildman–Crippen MR) is 188 cm³/mol. The fourth-order valence-corrected chi connectivity index (χ4v) is 5.42. The summed E-state index contributed by atoms with van der Waals surface area (Å²) in [6, 6.07) is -0.637. The van der Waals surface area contributed by atoms with Crippen molar-refractivity contribution in [3.63, 3.8) is 0 Å². The molecule has 4 nitrogen and oxygen atoms in total. The Morgan fingerprint density at radius 2 is 0.907 bits per heavy atom. The third kappa shape index (κ3) is 31.8. The fourth-order valence-electron chi connectivity index (χ4n) is 5.42. The Morgan fingerprint density at radius 3 is 1.37 bits per heavy atom. The Labute approximate surface area is 268 Å². The van der Waals surface area contributed by atoms with E-state index in [4.69, 9.17) is 0 Å². The summed E-state index contributed by atoms with van der Waals surface area (Å²) in [5, 5.41) is 22.8.